The summed E-state index contributed by atoms with van der Waals surface area (Å²) in [6, 6.07) is 0. The Kier molecular flexibility index (Phi) is 11.7. The Labute approximate surface area is 63.0 Å². The van der Waals surface area contributed by atoms with Crippen LogP contribution in [0.15, 0.2) is 0 Å². The maximum atomic E-state index is 8.74. The Bertz CT molecular complexity index is 79.1. The van der Waals surface area contributed by atoms with Gasteiger partial charge >= 0.3 is 8.25 Å². The molecule has 0 aromatic carbocycles. The lowest BCUT2D eigenvalue weighted by atomic mass is 10.1. The van der Waals surface area contributed by atoms with Gasteiger partial charge < -0.3 is 9.79 Å². The van der Waals surface area contributed by atoms with E-state index < -0.39 is 8.25 Å². The number of hydrogen-bond acceptors (Lipinski definition) is 1. The topological polar surface area (TPSA) is 57.5 Å². The fraction of sp³-hybridized carbons (Fsp3) is 1.00. The molecule has 0 fully saturated rings. The van der Waals surface area contributed by atoms with E-state index in [9.17, 15) is 0 Å². The van der Waals surface area contributed by atoms with E-state index in [-0.39, 0.29) is 0 Å². The van der Waals surface area contributed by atoms with Gasteiger partial charge in [-0.05, 0) is 5.92 Å². The molecule has 0 radical (unpaired) electrons. The van der Waals surface area contributed by atoms with Gasteiger partial charge in [0.1, 0.15) is 0 Å². The molecule has 0 amide bonds. The predicted octanol–water partition coefficient (Wildman–Crippen LogP) is 1.80. The normalized spacial score (nSPS) is 9.50. The summed E-state index contributed by atoms with van der Waals surface area (Å²) in [5.74, 6) is 0.898. The molecule has 0 unspecified atom stereocenters. The second kappa shape index (κ2) is 9.15. The van der Waals surface area contributed by atoms with Gasteiger partial charge in [0.2, 0.25) is 0 Å². The van der Waals surface area contributed by atoms with Crippen molar-refractivity contribution in [3.8, 4) is 0 Å². The highest BCUT2D eigenvalue weighted by Gasteiger charge is 1.85. The van der Waals surface area contributed by atoms with Crippen LogP contribution in [0.5, 0.6) is 0 Å². The van der Waals surface area contributed by atoms with E-state index in [2.05, 4.69) is 20.8 Å². The first-order valence-electron chi connectivity index (χ1n) is 3.42. The number of rotatable bonds is 2. The van der Waals surface area contributed by atoms with Gasteiger partial charge in [-0.3, -0.25) is 4.57 Å². The zero-order valence-corrected chi connectivity index (χ0v) is 7.79. The maximum absolute atomic E-state index is 8.74. The Morgan fingerprint density at radius 2 is 1.70 bits per heavy atom. The zero-order valence-electron chi connectivity index (χ0n) is 6.79. The van der Waals surface area contributed by atoms with Crippen LogP contribution in [0.4, 0.5) is 0 Å². The van der Waals surface area contributed by atoms with Crippen LogP contribution in [-0.4, -0.2) is 9.79 Å². The maximum Gasteiger partial charge on any atom is 0.314 e. The first-order valence-corrected chi connectivity index (χ1v) is 4.72. The smallest absolute Gasteiger partial charge is 0.314 e. The minimum Gasteiger partial charge on any atom is -0.326 e. The lowest BCUT2D eigenvalue weighted by molar-refractivity contribution is 0.405. The van der Waals surface area contributed by atoms with E-state index >= 15 is 0 Å². The van der Waals surface area contributed by atoms with Gasteiger partial charge in [0.05, 0.1) is 0 Å². The molecule has 3 nitrogen and oxygen atoms in total. The Hall–Kier alpha value is 0.150. The van der Waals surface area contributed by atoms with Crippen LogP contribution in [0, 0.1) is 5.92 Å². The minimum absolute atomic E-state index is 0.898. The molecular formula is C6H17O3P. The Morgan fingerprint density at radius 1 is 1.40 bits per heavy atom. The van der Waals surface area contributed by atoms with Crippen molar-refractivity contribution < 1.29 is 14.4 Å². The molecule has 0 saturated carbocycles. The summed E-state index contributed by atoms with van der Waals surface area (Å²) in [7, 11) is -3.13. The summed E-state index contributed by atoms with van der Waals surface area (Å²) in [6.45, 7) is 6.73. The van der Waals surface area contributed by atoms with Crippen molar-refractivity contribution in [3.63, 3.8) is 0 Å². The third-order valence-electron chi connectivity index (χ3n) is 0.866. The second-order valence-electron chi connectivity index (χ2n) is 2.47. The quantitative estimate of drug-likeness (QED) is 0.618. The summed E-state index contributed by atoms with van der Waals surface area (Å²) in [4.78, 5) is 14.3. The minimum atomic E-state index is -3.13. The zero-order chi connectivity index (χ0) is 8.57. The third-order valence-corrected chi connectivity index (χ3v) is 0.866. The van der Waals surface area contributed by atoms with Gasteiger partial charge in [0.25, 0.3) is 0 Å². The highest BCUT2D eigenvalue weighted by molar-refractivity contribution is 7.30. The molecule has 10 heavy (non-hydrogen) atoms. The summed E-state index contributed by atoms with van der Waals surface area (Å²) in [5, 5.41) is 0. The van der Waals surface area contributed by atoms with Crippen LogP contribution < -0.4 is 0 Å². The second-order valence-corrected chi connectivity index (χ2v) is 3.03. The molecule has 0 aliphatic carbocycles. The fourth-order valence-electron chi connectivity index (χ4n) is 0.577. The van der Waals surface area contributed by atoms with Crippen LogP contribution in [-0.2, 0) is 4.57 Å². The predicted molar refractivity (Wildman–Crippen MR) is 43.2 cm³/mol. The fourth-order valence-corrected chi connectivity index (χ4v) is 0.577. The summed E-state index contributed by atoms with van der Waals surface area (Å²) >= 11 is 0. The van der Waals surface area contributed by atoms with Gasteiger partial charge in [-0.25, -0.2) is 0 Å². The van der Waals surface area contributed by atoms with Gasteiger partial charge in [-0.2, -0.15) is 0 Å². The molecule has 0 spiro atoms. The van der Waals surface area contributed by atoms with Crippen molar-refractivity contribution in [2.75, 3.05) is 0 Å². The van der Waals surface area contributed by atoms with Crippen LogP contribution in [0.25, 0.3) is 0 Å². The van der Waals surface area contributed by atoms with Crippen molar-refractivity contribution in [2.24, 2.45) is 5.92 Å². The summed E-state index contributed by atoms with van der Waals surface area (Å²) in [6.07, 6.45) is 2.71. The molecule has 0 aliphatic rings. The SMILES string of the molecule is CCCC(C)C.O=[PH](O)O. The van der Waals surface area contributed by atoms with Gasteiger partial charge in [0.15, 0.2) is 0 Å². The highest BCUT2D eigenvalue weighted by Crippen LogP contribution is 2.00. The van der Waals surface area contributed by atoms with Crippen molar-refractivity contribution >= 4 is 8.25 Å². The first-order chi connectivity index (χ1) is 4.50. The van der Waals surface area contributed by atoms with E-state index in [1.165, 1.54) is 12.8 Å². The molecule has 2 N–H and O–H groups in total. The van der Waals surface area contributed by atoms with Crippen LogP contribution >= 0.6 is 8.25 Å². The average molecular weight is 168 g/mol. The molecule has 0 rings (SSSR count). The molecule has 0 aliphatic heterocycles. The van der Waals surface area contributed by atoms with Crippen molar-refractivity contribution in [1.29, 1.82) is 0 Å². The van der Waals surface area contributed by atoms with Crippen LogP contribution in [0.3, 0.4) is 0 Å². The van der Waals surface area contributed by atoms with Crippen molar-refractivity contribution in [2.45, 2.75) is 33.6 Å². The van der Waals surface area contributed by atoms with Crippen molar-refractivity contribution in [3.05, 3.63) is 0 Å². The lowest BCUT2D eigenvalue weighted by Gasteiger charge is -1.95. The van der Waals surface area contributed by atoms with E-state index in [1.54, 1.807) is 0 Å². The van der Waals surface area contributed by atoms with Crippen LogP contribution in [0.1, 0.15) is 33.6 Å². The van der Waals surface area contributed by atoms with E-state index in [0.717, 1.165) is 5.92 Å². The summed E-state index contributed by atoms with van der Waals surface area (Å²) < 4.78 is 8.74. The molecule has 0 atom stereocenters. The van der Waals surface area contributed by atoms with E-state index in [1.807, 2.05) is 0 Å². The standard InChI is InChI=1S/C6H14.H3O3P/c1-4-5-6(2)3;1-4(2)3/h6H,4-5H2,1-3H3;4H,(H2,1,2,3). The van der Waals surface area contributed by atoms with Gasteiger partial charge in [-0.15, -0.1) is 0 Å². The molecular weight excluding hydrogens is 151 g/mol. The average Bonchev–Trinajstić information content (AvgIpc) is 1.62. The highest BCUT2D eigenvalue weighted by atomic mass is 31.1. The molecule has 0 aromatic rings. The van der Waals surface area contributed by atoms with Gasteiger partial charge in [0, 0.05) is 0 Å². The number of hydrogen-bond donors (Lipinski definition) is 2. The van der Waals surface area contributed by atoms with Gasteiger partial charge in [-0.1, -0.05) is 33.6 Å². The molecule has 0 aromatic heterocycles. The van der Waals surface area contributed by atoms with E-state index in [0.29, 0.717) is 0 Å². The van der Waals surface area contributed by atoms with Crippen LogP contribution in [0.2, 0.25) is 0 Å². The van der Waals surface area contributed by atoms with Crippen molar-refractivity contribution in [1.82, 2.24) is 0 Å². The molecule has 0 heterocycles. The Balaban J connectivity index is 0. The summed E-state index contributed by atoms with van der Waals surface area (Å²) in [5.41, 5.74) is 0. The first kappa shape index (κ1) is 12.8. The Morgan fingerprint density at radius 3 is 1.70 bits per heavy atom. The monoisotopic (exact) mass is 168 g/mol. The lowest BCUT2D eigenvalue weighted by Crippen LogP contribution is -1.81. The molecule has 64 valence electrons. The third kappa shape index (κ3) is 42.0. The van der Waals surface area contributed by atoms with E-state index in [4.69, 9.17) is 14.4 Å². The largest absolute Gasteiger partial charge is 0.326 e. The molecule has 0 bridgehead atoms. The molecule has 4 heteroatoms. The molecule has 0 saturated heterocycles.